The van der Waals surface area contributed by atoms with E-state index in [1.54, 1.807) is 0 Å². The molecule has 0 N–H and O–H groups in total. The minimum absolute atomic E-state index is 0.166. The van der Waals surface area contributed by atoms with Gasteiger partial charge in [0.1, 0.15) is 0 Å². The molecular weight excluding hydrogens is 530 g/mol. The molecule has 2 aromatic carbocycles. The first kappa shape index (κ1) is 17.8. The van der Waals surface area contributed by atoms with Gasteiger partial charge in [0, 0.05) is 0 Å². The summed E-state index contributed by atoms with van der Waals surface area (Å²) in [6.45, 7) is 0. The van der Waals surface area contributed by atoms with Gasteiger partial charge in [-0.15, -0.1) is 0 Å². The molecule has 6 heteroatoms. The maximum absolute atomic E-state index is 7.33. The molecule has 0 aromatic heterocycles. The van der Waals surface area contributed by atoms with Crippen LogP contribution < -0.4 is 6.54 Å². The van der Waals surface area contributed by atoms with E-state index in [9.17, 15) is 0 Å². The van der Waals surface area contributed by atoms with Crippen LogP contribution in [0.2, 0.25) is 0 Å². The zero-order chi connectivity index (χ0) is 18.1. The molecular formula is C20H14BrCl2OSZr. The van der Waals surface area contributed by atoms with E-state index in [1.807, 2.05) is 30.3 Å². The molecule has 0 saturated heterocycles. The van der Waals surface area contributed by atoms with Gasteiger partial charge in [-0.2, -0.15) is 0 Å². The number of fused-ring (bicyclic) bond motifs is 4. The van der Waals surface area contributed by atoms with Crippen molar-refractivity contribution < 1.29 is 19.7 Å². The Bertz CT molecular complexity index is 1070. The maximum atomic E-state index is 7.33. The molecule has 0 bridgehead atoms. The molecule has 0 radical (unpaired) electrons. The van der Waals surface area contributed by atoms with Crippen LogP contribution >= 0.6 is 42.3 Å². The Morgan fingerprint density at radius 3 is 2.69 bits per heavy atom. The second kappa shape index (κ2) is 5.88. The van der Waals surface area contributed by atoms with Crippen molar-refractivity contribution in [3.8, 4) is 0 Å². The van der Waals surface area contributed by atoms with E-state index < -0.39 is 14.9 Å². The fourth-order valence-corrected chi connectivity index (χ4v) is 16.9. The zero-order valence-electron chi connectivity index (χ0n) is 13.5. The van der Waals surface area contributed by atoms with E-state index in [0.29, 0.717) is 0 Å². The number of ether oxygens (including phenoxy) is 1. The van der Waals surface area contributed by atoms with Gasteiger partial charge in [0.25, 0.3) is 0 Å². The molecule has 1 aliphatic heterocycles. The van der Waals surface area contributed by atoms with Crippen molar-refractivity contribution in [1.29, 1.82) is 0 Å². The third-order valence-corrected chi connectivity index (χ3v) is 20.0. The number of hydrogen-bond donors (Lipinski definition) is 1. The van der Waals surface area contributed by atoms with Crippen molar-refractivity contribution in [1.82, 2.24) is 0 Å². The number of benzene rings is 2. The molecule has 1 nitrogen and oxygen atoms in total. The second-order valence-corrected chi connectivity index (χ2v) is 33.5. The van der Waals surface area contributed by atoms with Crippen LogP contribution in [0.1, 0.15) is 28.4 Å². The normalized spacial score (nSPS) is 21.2. The van der Waals surface area contributed by atoms with Crippen LogP contribution in [0.5, 0.6) is 0 Å². The first-order valence-electron chi connectivity index (χ1n) is 8.33. The van der Waals surface area contributed by atoms with Crippen LogP contribution in [0.15, 0.2) is 58.8 Å². The number of rotatable bonds is 2. The Morgan fingerprint density at radius 2 is 1.85 bits per heavy atom. The Morgan fingerprint density at radius 1 is 1.08 bits per heavy atom. The van der Waals surface area contributed by atoms with Crippen molar-refractivity contribution in [2.45, 2.75) is 12.5 Å². The third-order valence-electron chi connectivity index (χ3n) is 5.27. The summed E-state index contributed by atoms with van der Waals surface area (Å²) in [7, 11) is 19.7. The van der Waals surface area contributed by atoms with Crippen molar-refractivity contribution in [2.75, 3.05) is 0 Å². The molecule has 3 aliphatic rings. The standard InChI is InChI=1S/C11H6BrO.C9H7.2ClH.H2S.Zr/c12-10-6-8-5-7-3-1-2-4-9(7)11(8)13-10;1-2-5-9-7-3-6-8(9)4-1;;;;/h1-3,5-6,11H;1-4,7H,6H2;2*1H;1H2;/q;;;;;+3/p-3. The topological polar surface area (TPSA) is 9.23 Å². The van der Waals surface area contributed by atoms with Gasteiger partial charge in [0.15, 0.2) is 0 Å². The van der Waals surface area contributed by atoms with Crippen LogP contribution in [-0.2, 0) is 26.1 Å². The van der Waals surface area contributed by atoms with Crippen molar-refractivity contribution >= 4 is 61.0 Å². The predicted molar refractivity (Wildman–Crippen MR) is 114 cm³/mol. The molecule has 2 aliphatic carbocycles. The number of halogens is 3. The Labute approximate surface area is 172 Å². The summed E-state index contributed by atoms with van der Waals surface area (Å²) in [5.41, 5.74) is 5.67. The molecule has 131 valence electrons. The summed E-state index contributed by atoms with van der Waals surface area (Å²) in [5, 5.41) is 0. The number of hydrogen-bond acceptors (Lipinski definition) is 2. The van der Waals surface area contributed by atoms with Gasteiger partial charge in [0.05, 0.1) is 0 Å². The summed E-state index contributed by atoms with van der Waals surface area (Å²) in [4.78, 5) is 0. The molecule has 0 saturated carbocycles. The van der Waals surface area contributed by atoms with E-state index in [1.165, 1.54) is 5.56 Å². The fraction of sp³-hybridized carbons (Fsp3) is 0.100. The number of thiol groups is 1. The average molecular weight is 544 g/mol. The quantitative estimate of drug-likeness (QED) is 0.474. The third kappa shape index (κ3) is 2.53. The van der Waals surface area contributed by atoms with Crippen LogP contribution in [-0.4, -0.2) is 0 Å². The van der Waals surface area contributed by atoms with Gasteiger partial charge >= 0.3 is 174 Å². The molecule has 1 unspecified atom stereocenters. The Hall–Kier alpha value is -0.247. The SMILES string of the molecule is [SH][Zr]([Cl])([Cl])([c]1cccc2c1C=CC2)[c]1cccc2c1C1OC(Br)=CC1=C2. The first-order chi connectivity index (χ1) is 12.3. The predicted octanol–water partition coefficient (Wildman–Crippen LogP) is 5.75. The van der Waals surface area contributed by atoms with E-state index in [0.717, 1.165) is 39.9 Å². The molecule has 0 amide bonds. The number of allylic oxidation sites excluding steroid dienone is 1. The van der Waals surface area contributed by atoms with Crippen LogP contribution in [0.3, 0.4) is 0 Å². The summed E-state index contributed by atoms with van der Waals surface area (Å²) < 4.78 is 8.65. The molecule has 0 fully saturated rings. The van der Waals surface area contributed by atoms with Gasteiger partial charge in [-0.25, -0.2) is 0 Å². The summed E-state index contributed by atoms with van der Waals surface area (Å²) in [5.74, 6) is 0. The van der Waals surface area contributed by atoms with Gasteiger partial charge in [0.2, 0.25) is 0 Å². The molecule has 26 heavy (non-hydrogen) atoms. The van der Waals surface area contributed by atoms with Crippen molar-refractivity contribution in [2.24, 2.45) is 0 Å². The molecule has 1 atom stereocenters. The van der Waals surface area contributed by atoms with Gasteiger partial charge < -0.3 is 0 Å². The fourth-order valence-electron chi connectivity index (χ4n) is 4.12. The van der Waals surface area contributed by atoms with Gasteiger partial charge in [-0.1, -0.05) is 0 Å². The van der Waals surface area contributed by atoms with E-state index in [-0.39, 0.29) is 6.10 Å². The van der Waals surface area contributed by atoms with E-state index >= 15 is 0 Å². The zero-order valence-corrected chi connectivity index (χ0v) is 20.0. The second-order valence-electron chi connectivity index (χ2n) is 6.85. The summed E-state index contributed by atoms with van der Waals surface area (Å²) in [6.07, 6.45) is 9.16. The van der Waals surface area contributed by atoms with Gasteiger partial charge in [-0.05, 0) is 0 Å². The Kier molecular flexibility index (Phi) is 4.03. The monoisotopic (exact) mass is 541 g/mol. The molecule has 0 spiro atoms. The van der Waals surface area contributed by atoms with Crippen LogP contribution in [0.4, 0.5) is 0 Å². The van der Waals surface area contributed by atoms with Crippen LogP contribution in [0.25, 0.3) is 12.2 Å². The van der Waals surface area contributed by atoms with Crippen molar-refractivity contribution in [3.05, 3.63) is 81.0 Å². The van der Waals surface area contributed by atoms with Crippen LogP contribution in [0, 0.1) is 0 Å². The molecule has 1 heterocycles. The van der Waals surface area contributed by atoms with E-state index in [2.05, 4.69) is 46.3 Å². The first-order valence-corrected chi connectivity index (χ1v) is 21.7. The molecule has 2 aromatic rings. The van der Waals surface area contributed by atoms with Crippen molar-refractivity contribution in [3.63, 3.8) is 0 Å². The average Bonchev–Trinajstić information content (AvgIpc) is 3.26. The Balaban J connectivity index is 1.75. The summed E-state index contributed by atoms with van der Waals surface area (Å²) in [6, 6.07) is 12.3. The van der Waals surface area contributed by atoms with Gasteiger partial charge in [-0.3, -0.25) is 0 Å². The summed E-state index contributed by atoms with van der Waals surface area (Å²) >= 11 is -1.36. The molecule has 5 rings (SSSR count). The minimum atomic E-state index is -4.80. The van der Waals surface area contributed by atoms with E-state index in [4.69, 9.17) is 31.1 Å².